The molecule has 0 atom stereocenters. The second kappa shape index (κ2) is 13.3. The first kappa shape index (κ1) is 23.0. The molecule has 0 aliphatic carbocycles. The molecule has 0 saturated heterocycles. The van der Waals surface area contributed by atoms with E-state index in [0.717, 1.165) is 37.4 Å². The highest BCUT2D eigenvalue weighted by molar-refractivity contribution is 4.88. The Balaban J connectivity index is 3.80. The van der Waals surface area contributed by atoms with E-state index in [1.54, 1.807) is 0 Å². The van der Waals surface area contributed by atoms with Crippen LogP contribution in [0.4, 0.5) is 0 Å². The van der Waals surface area contributed by atoms with Crippen molar-refractivity contribution in [2.24, 2.45) is 23.2 Å². The van der Waals surface area contributed by atoms with Crippen LogP contribution in [-0.2, 0) is 4.74 Å². The molecule has 0 aromatic carbocycles. The average molecular weight is 327 g/mol. The fraction of sp³-hybridized carbons (Fsp3) is 1.00. The zero-order chi connectivity index (χ0) is 17.7. The molecule has 0 radical (unpaired) electrons. The molecule has 0 spiro atoms. The van der Waals surface area contributed by atoms with E-state index in [0.29, 0.717) is 5.41 Å². The maximum atomic E-state index is 5.53. The Morgan fingerprint density at radius 3 is 1.48 bits per heavy atom. The van der Waals surface area contributed by atoms with Gasteiger partial charge >= 0.3 is 0 Å². The molecule has 0 aliphatic rings. The summed E-state index contributed by atoms with van der Waals surface area (Å²) in [4.78, 5) is 0. The van der Waals surface area contributed by atoms with Crippen LogP contribution < -0.4 is 0 Å². The zero-order valence-electron chi connectivity index (χ0n) is 17.4. The number of rotatable bonds is 15. The molecule has 140 valence electrons. The minimum absolute atomic E-state index is 0.524. The van der Waals surface area contributed by atoms with E-state index in [-0.39, 0.29) is 0 Å². The van der Waals surface area contributed by atoms with Gasteiger partial charge in [-0.25, -0.2) is 0 Å². The Morgan fingerprint density at radius 1 is 0.609 bits per heavy atom. The number of hydrogen-bond donors (Lipinski definition) is 0. The number of hydrogen-bond acceptors (Lipinski definition) is 1. The lowest BCUT2D eigenvalue weighted by Crippen LogP contribution is -2.38. The number of ether oxygens (including phenoxy) is 1. The van der Waals surface area contributed by atoms with Gasteiger partial charge in [-0.05, 0) is 42.4 Å². The molecular weight excluding hydrogens is 280 g/mol. The van der Waals surface area contributed by atoms with Crippen molar-refractivity contribution in [2.45, 2.75) is 106 Å². The largest absolute Gasteiger partial charge is 0.381 e. The third kappa shape index (κ3) is 8.57. The van der Waals surface area contributed by atoms with Gasteiger partial charge in [0.05, 0.1) is 0 Å². The second-order valence-corrected chi connectivity index (χ2v) is 8.41. The van der Waals surface area contributed by atoms with E-state index in [4.69, 9.17) is 4.74 Å². The molecule has 0 amide bonds. The highest BCUT2D eigenvalue weighted by Crippen LogP contribution is 2.47. The van der Waals surface area contributed by atoms with E-state index in [2.05, 4.69) is 48.5 Å². The first-order valence-electron chi connectivity index (χ1n) is 10.5. The van der Waals surface area contributed by atoms with Crippen LogP contribution >= 0.6 is 0 Å². The van der Waals surface area contributed by atoms with Crippen LogP contribution in [0, 0.1) is 23.2 Å². The van der Waals surface area contributed by atoms with Gasteiger partial charge in [0.15, 0.2) is 0 Å². The molecule has 1 nitrogen and oxygen atoms in total. The topological polar surface area (TPSA) is 9.23 Å². The lowest BCUT2D eigenvalue weighted by molar-refractivity contribution is 0.0356. The SMILES string of the molecule is CCCOCCCCCCCCCC(C(C)C)(C(C)C)C(C)C. The van der Waals surface area contributed by atoms with Gasteiger partial charge in [-0.1, -0.05) is 87.0 Å². The smallest absolute Gasteiger partial charge is 0.0466 e. The minimum atomic E-state index is 0.524. The van der Waals surface area contributed by atoms with Crippen LogP contribution in [0.1, 0.15) is 106 Å². The van der Waals surface area contributed by atoms with Crippen molar-refractivity contribution in [1.82, 2.24) is 0 Å². The summed E-state index contributed by atoms with van der Waals surface area (Å²) in [7, 11) is 0. The van der Waals surface area contributed by atoms with Crippen LogP contribution in [0.2, 0.25) is 0 Å². The summed E-state index contributed by atoms with van der Waals surface area (Å²) in [5.41, 5.74) is 0.524. The van der Waals surface area contributed by atoms with Crippen molar-refractivity contribution >= 4 is 0 Å². The molecule has 0 unspecified atom stereocenters. The van der Waals surface area contributed by atoms with Gasteiger partial charge in [-0.2, -0.15) is 0 Å². The molecule has 0 aliphatic heterocycles. The Labute approximate surface area is 148 Å². The summed E-state index contributed by atoms with van der Waals surface area (Å²) in [5, 5.41) is 0. The van der Waals surface area contributed by atoms with E-state index in [1.807, 2.05) is 0 Å². The quantitative estimate of drug-likeness (QED) is 0.283. The zero-order valence-corrected chi connectivity index (χ0v) is 17.4. The molecule has 0 N–H and O–H groups in total. The minimum Gasteiger partial charge on any atom is -0.381 e. The van der Waals surface area contributed by atoms with Gasteiger partial charge in [-0.15, -0.1) is 0 Å². The third-order valence-corrected chi connectivity index (χ3v) is 5.97. The summed E-state index contributed by atoms with van der Waals surface area (Å²) in [6.45, 7) is 18.7. The Morgan fingerprint density at radius 2 is 1.04 bits per heavy atom. The van der Waals surface area contributed by atoms with Crippen molar-refractivity contribution in [2.75, 3.05) is 13.2 Å². The predicted molar refractivity (Wildman–Crippen MR) is 105 cm³/mol. The van der Waals surface area contributed by atoms with Gasteiger partial charge in [0.2, 0.25) is 0 Å². The predicted octanol–water partition coefficient (Wildman–Crippen LogP) is 7.49. The van der Waals surface area contributed by atoms with Crippen molar-refractivity contribution in [3.63, 3.8) is 0 Å². The van der Waals surface area contributed by atoms with Crippen LogP contribution in [0.3, 0.4) is 0 Å². The second-order valence-electron chi connectivity index (χ2n) is 8.41. The molecule has 0 saturated carbocycles. The monoisotopic (exact) mass is 326 g/mol. The normalized spacial score (nSPS) is 12.8. The van der Waals surface area contributed by atoms with Gasteiger partial charge in [0, 0.05) is 13.2 Å². The molecule has 1 heteroatoms. The number of unbranched alkanes of at least 4 members (excludes halogenated alkanes) is 6. The maximum Gasteiger partial charge on any atom is 0.0466 e. The van der Waals surface area contributed by atoms with E-state index in [9.17, 15) is 0 Å². The molecule has 0 bridgehead atoms. The van der Waals surface area contributed by atoms with Crippen LogP contribution in [0.5, 0.6) is 0 Å². The van der Waals surface area contributed by atoms with Crippen molar-refractivity contribution in [3.05, 3.63) is 0 Å². The van der Waals surface area contributed by atoms with Crippen LogP contribution in [-0.4, -0.2) is 13.2 Å². The highest BCUT2D eigenvalue weighted by atomic mass is 16.5. The summed E-state index contributed by atoms with van der Waals surface area (Å²) >= 11 is 0. The molecule has 0 fully saturated rings. The van der Waals surface area contributed by atoms with Crippen molar-refractivity contribution < 1.29 is 4.74 Å². The molecule has 0 aromatic rings. The summed E-state index contributed by atoms with van der Waals surface area (Å²) < 4.78 is 5.53. The molecular formula is C22H46O. The van der Waals surface area contributed by atoms with Crippen molar-refractivity contribution in [3.8, 4) is 0 Å². The van der Waals surface area contributed by atoms with Crippen molar-refractivity contribution in [1.29, 1.82) is 0 Å². The summed E-state index contributed by atoms with van der Waals surface area (Å²) in [6, 6.07) is 0. The van der Waals surface area contributed by atoms with Crippen LogP contribution in [0.15, 0.2) is 0 Å². The van der Waals surface area contributed by atoms with Gasteiger partial charge in [0.25, 0.3) is 0 Å². The van der Waals surface area contributed by atoms with E-state index < -0.39 is 0 Å². The third-order valence-electron chi connectivity index (χ3n) is 5.97. The van der Waals surface area contributed by atoms with Crippen LogP contribution in [0.25, 0.3) is 0 Å². The molecule has 0 rings (SSSR count). The Bertz CT molecular complexity index is 233. The molecule has 0 aromatic heterocycles. The standard InChI is InChI=1S/C22H46O/c1-8-17-23-18-15-13-11-9-10-12-14-16-22(19(2)3,20(4)5)21(6)7/h19-21H,8-18H2,1-7H3. The molecule has 0 heterocycles. The van der Waals surface area contributed by atoms with E-state index >= 15 is 0 Å². The van der Waals surface area contributed by atoms with Gasteiger partial charge in [0.1, 0.15) is 0 Å². The summed E-state index contributed by atoms with van der Waals surface area (Å²) in [6.07, 6.45) is 12.2. The lowest BCUT2D eigenvalue weighted by atomic mass is 9.60. The lowest BCUT2D eigenvalue weighted by Gasteiger charge is -2.45. The van der Waals surface area contributed by atoms with E-state index in [1.165, 1.54) is 51.4 Å². The maximum absolute atomic E-state index is 5.53. The van der Waals surface area contributed by atoms with Gasteiger partial charge in [-0.3, -0.25) is 0 Å². The molecule has 23 heavy (non-hydrogen) atoms. The average Bonchev–Trinajstić information content (AvgIpc) is 2.47. The Hall–Kier alpha value is -0.0400. The summed E-state index contributed by atoms with van der Waals surface area (Å²) in [5.74, 6) is 2.35. The van der Waals surface area contributed by atoms with Gasteiger partial charge < -0.3 is 4.74 Å². The highest BCUT2D eigenvalue weighted by Gasteiger charge is 2.39. The first-order valence-corrected chi connectivity index (χ1v) is 10.5. The fourth-order valence-electron chi connectivity index (χ4n) is 4.63. The first-order chi connectivity index (χ1) is 10.9. The Kier molecular flexibility index (Phi) is 13.3. The fourth-order valence-corrected chi connectivity index (χ4v) is 4.63.